The molecule has 0 aliphatic rings. The lowest BCUT2D eigenvalue weighted by Gasteiger charge is -2.06. The van der Waals surface area contributed by atoms with Gasteiger partial charge in [0, 0.05) is 5.56 Å². The molecule has 1 aromatic rings. The minimum absolute atomic E-state index is 0.792. The van der Waals surface area contributed by atoms with Crippen molar-refractivity contribution in [3.63, 3.8) is 0 Å². The molecule has 0 atom stereocenters. The van der Waals surface area contributed by atoms with Gasteiger partial charge in [-0.25, -0.2) is 0 Å². The Labute approximate surface area is 79.8 Å². The first-order chi connectivity index (χ1) is 6.31. The summed E-state index contributed by atoms with van der Waals surface area (Å²) < 4.78 is 0. The lowest BCUT2D eigenvalue weighted by molar-refractivity contribution is 0.112. The van der Waals surface area contributed by atoms with Gasteiger partial charge >= 0.3 is 0 Å². The third kappa shape index (κ3) is 2.41. The van der Waals surface area contributed by atoms with Gasteiger partial charge in [0.15, 0.2) is 0 Å². The summed E-state index contributed by atoms with van der Waals surface area (Å²) in [6.45, 7) is 4.31. The van der Waals surface area contributed by atoms with Crippen LogP contribution in [0.3, 0.4) is 0 Å². The molecule has 0 unspecified atom stereocenters. The molecule has 0 aliphatic heterocycles. The zero-order chi connectivity index (χ0) is 9.68. The maximum Gasteiger partial charge on any atom is 0.150 e. The predicted octanol–water partition coefficient (Wildman–Crippen LogP) is 3.01. The molecule has 0 spiro atoms. The molecule has 0 aliphatic carbocycles. The number of hydrogen-bond acceptors (Lipinski definition) is 1. The Hall–Kier alpha value is -1.11. The van der Waals surface area contributed by atoms with Gasteiger partial charge in [-0.3, -0.25) is 4.79 Å². The van der Waals surface area contributed by atoms with E-state index >= 15 is 0 Å². The molecule has 0 saturated heterocycles. The van der Waals surface area contributed by atoms with Crippen LogP contribution >= 0.6 is 0 Å². The van der Waals surface area contributed by atoms with E-state index in [-0.39, 0.29) is 0 Å². The highest BCUT2D eigenvalue weighted by molar-refractivity contribution is 5.75. The molecule has 0 bridgehead atoms. The van der Waals surface area contributed by atoms with Crippen molar-refractivity contribution in [1.29, 1.82) is 0 Å². The van der Waals surface area contributed by atoms with E-state index in [1.807, 2.05) is 12.1 Å². The van der Waals surface area contributed by atoms with Crippen molar-refractivity contribution in [2.24, 2.45) is 0 Å². The molecule has 0 N–H and O–H groups in total. The zero-order valence-electron chi connectivity index (χ0n) is 8.34. The Kier molecular flexibility index (Phi) is 3.69. The van der Waals surface area contributed by atoms with E-state index in [1.165, 1.54) is 11.1 Å². The molecule has 0 amide bonds. The van der Waals surface area contributed by atoms with E-state index < -0.39 is 0 Å². The molecule has 0 fully saturated rings. The fraction of sp³-hybridized carbons (Fsp3) is 0.417. The van der Waals surface area contributed by atoms with Gasteiger partial charge in [-0.05, 0) is 30.0 Å². The molecular formula is C12H16O. The largest absolute Gasteiger partial charge is 0.298 e. The highest BCUT2D eigenvalue weighted by Gasteiger charge is 2.00. The van der Waals surface area contributed by atoms with Crippen LogP contribution in [0.2, 0.25) is 0 Å². The van der Waals surface area contributed by atoms with Gasteiger partial charge in [0.1, 0.15) is 6.29 Å². The lowest BCUT2D eigenvalue weighted by Crippen LogP contribution is -1.94. The summed E-state index contributed by atoms with van der Waals surface area (Å²) in [6.07, 6.45) is 4.17. The van der Waals surface area contributed by atoms with Crippen LogP contribution < -0.4 is 0 Å². The van der Waals surface area contributed by atoms with Crippen molar-refractivity contribution >= 4 is 6.29 Å². The maximum absolute atomic E-state index is 10.6. The van der Waals surface area contributed by atoms with Crippen LogP contribution in [0.4, 0.5) is 0 Å². The average molecular weight is 176 g/mol. The van der Waals surface area contributed by atoms with Crippen LogP contribution in [0.1, 0.15) is 41.8 Å². The SMILES string of the molecule is CCCc1cc(C=O)ccc1CC. The molecular weight excluding hydrogens is 160 g/mol. The lowest BCUT2D eigenvalue weighted by atomic mass is 9.99. The van der Waals surface area contributed by atoms with Crippen molar-refractivity contribution in [3.8, 4) is 0 Å². The standard InChI is InChI=1S/C12H16O/c1-3-5-12-8-10(9-13)6-7-11(12)4-2/h6-9H,3-5H2,1-2H3. The third-order valence-electron chi connectivity index (χ3n) is 2.27. The molecule has 13 heavy (non-hydrogen) atoms. The molecule has 1 heteroatoms. The second kappa shape index (κ2) is 4.80. The Morgan fingerprint density at radius 1 is 1.23 bits per heavy atom. The molecule has 0 radical (unpaired) electrons. The van der Waals surface area contributed by atoms with Gasteiger partial charge in [0.25, 0.3) is 0 Å². The van der Waals surface area contributed by atoms with Crippen molar-refractivity contribution in [1.82, 2.24) is 0 Å². The first kappa shape index (κ1) is 9.97. The van der Waals surface area contributed by atoms with Crippen molar-refractivity contribution < 1.29 is 4.79 Å². The van der Waals surface area contributed by atoms with Gasteiger partial charge in [-0.2, -0.15) is 0 Å². The van der Waals surface area contributed by atoms with E-state index in [1.54, 1.807) is 0 Å². The van der Waals surface area contributed by atoms with Gasteiger partial charge in [-0.1, -0.05) is 32.4 Å². The Bertz CT molecular complexity index is 289. The minimum Gasteiger partial charge on any atom is -0.298 e. The second-order valence-corrected chi connectivity index (χ2v) is 3.25. The molecule has 0 saturated carbocycles. The monoisotopic (exact) mass is 176 g/mol. The molecule has 1 rings (SSSR count). The number of benzene rings is 1. The Morgan fingerprint density at radius 3 is 2.54 bits per heavy atom. The summed E-state index contributed by atoms with van der Waals surface area (Å²) in [7, 11) is 0. The van der Waals surface area contributed by atoms with Crippen LogP contribution in [0, 0.1) is 0 Å². The molecule has 0 aromatic heterocycles. The van der Waals surface area contributed by atoms with Gasteiger partial charge in [-0.15, -0.1) is 0 Å². The first-order valence-corrected chi connectivity index (χ1v) is 4.88. The molecule has 0 heterocycles. The van der Waals surface area contributed by atoms with Crippen LogP contribution in [-0.2, 0) is 12.8 Å². The number of aryl methyl sites for hydroxylation is 2. The fourth-order valence-electron chi connectivity index (χ4n) is 1.57. The summed E-state index contributed by atoms with van der Waals surface area (Å²) in [4.78, 5) is 10.6. The normalized spacial score (nSPS) is 10.0. The van der Waals surface area contributed by atoms with E-state index in [2.05, 4.69) is 19.9 Å². The van der Waals surface area contributed by atoms with Gasteiger partial charge in [0.2, 0.25) is 0 Å². The smallest absolute Gasteiger partial charge is 0.150 e. The van der Waals surface area contributed by atoms with Crippen LogP contribution in [-0.4, -0.2) is 6.29 Å². The summed E-state index contributed by atoms with van der Waals surface area (Å²) in [5.74, 6) is 0. The summed E-state index contributed by atoms with van der Waals surface area (Å²) in [5, 5.41) is 0. The molecule has 70 valence electrons. The zero-order valence-corrected chi connectivity index (χ0v) is 8.34. The van der Waals surface area contributed by atoms with E-state index in [0.29, 0.717) is 0 Å². The number of carbonyl (C=O) groups is 1. The number of aldehydes is 1. The first-order valence-electron chi connectivity index (χ1n) is 4.88. The highest BCUT2D eigenvalue weighted by atomic mass is 16.1. The van der Waals surface area contributed by atoms with E-state index in [9.17, 15) is 4.79 Å². The summed E-state index contributed by atoms with van der Waals surface area (Å²) in [6, 6.07) is 5.97. The molecule has 1 aromatic carbocycles. The third-order valence-corrected chi connectivity index (χ3v) is 2.27. The quantitative estimate of drug-likeness (QED) is 0.644. The van der Waals surface area contributed by atoms with Crippen LogP contribution in [0.25, 0.3) is 0 Å². The second-order valence-electron chi connectivity index (χ2n) is 3.25. The van der Waals surface area contributed by atoms with Crippen molar-refractivity contribution in [3.05, 3.63) is 34.9 Å². The minimum atomic E-state index is 0.792. The Morgan fingerprint density at radius 2 is 2.00 bits per heavy atom. The molecule has 1 nitrogen and oxygen atoms in total. The number of rotatable bonds is 4. The predicted molar refractivity (Wildman–Crippen MR) is 55.2 cm³/mol. The van der Waals surface area contributed by atoms with Crippen molar-refractivity contribution in [2.75, 3.05) is 0 Å². The summed E-state index contributed by atoms with van der Waals surface area (Å²) in [5.41, 5.74) is 3.49. The average Bonchev–Trinajstić information content (AvgIpc) is 2.18. The maximum atomic E-state index is 10.6. The van der Waals surface area contributed by atoms with E-state index in [4.69, 9.17) is 0 Å². The number of hydrogen-bond donors (Lipinski definition) is 0. The topological polar surface area (TPSA) is 17.1 Å². The summed E-state index contributed by atoms with van der Waals surface area (Å²) >= 11 is 0. The van der Waals surface area contributed by atoms with Crippen LogP contribution in [0.15, 0.2) is 18.2 Å². The van der Waals surface area contributed by atoms with Gasteiger partial charge in [0.05, 0.1) is 0 Å². The number of carbonyl (C=O) groups excluding carboxylic acids is 1. The Balaban J connectivity index is 3.02. The van der Waals surface area contributed by atoms with Crippen molar-refractivity contribution in [2.45, 2.75) is 33.1 Å². The highest BCUT2D eigenvalue weighted by Crippen LogP contribution is 2.13. The van der Waals surface area contributed by atoms with Gasteiger partial charge < -0.3 is 0 Å². The van der Waals surface area contributed by atoms with Crippen LogP contribution in [0.5, 0.6) is 0 Å². The fourth-order valence-corrected chi connectivity index (χ4v) is 1.57. The van der Waals surface area contributed by atoms with E-state index in [0.717, 1.165) is 31.1 Å².